The molecule has 1 heterocycles. The van der Waals surface area contributed by atoms with Crippen molar-refractivity contribution in [2.75, 3.05) is 13.2 Å². The van der Waals surface area contributed by atoms with E-state index in [1.54, 1.807) is 31.2 Å². The van der Waals surface area contributed by atoms with Crippen molar-refractivity contribution in [3.63, 3.8) is 0 Å². The summed E-state index contributed by atoms with van der Waals surface area (Å²) >= 11 is 5.97. The average molecular weight is 452 g/mol. The van der Waals surface area contributed by atoms with Crippen molar-refractivity contribution in [3.05, 3.63) is 64.2 Å². The maximum Gasteiger partial charge on any atom is 0.325 e. The summed E-state index contributed by atoms with van der Waals surface area (Å²) in [6, 6.07) is 9.81. The van der Waals surface area contributed by atoms with Crippen LogP contribution >= 0.6 is 11.6 Å². The van der Waals surface area contributed by atoms with Crippen molar-refractivity contribution in [1.29, 1.82) is 0 Å². The minimum atomic E-state index is -4.04. The molecule has 0 aliphatic carbocycles. The Hall–Kier alpha value is -2.26. The minimum Gasteiger partial charge on any atom is -0.456 e. The number of nitrogens with zero attached hydrogens (tertiary/aromatic N) is 1. The molecular weight excluding hydrogens is 430 g/mol. The number of benzene rings is 2. The fourth-order valence-electron chi connectivity index (χ4n) is 3.27. The van der Waals surface area contributed by atoms with Gasteiger partial charge in [0.1, 0.15) is 6.04 Å². The van der Waals surface area contributed by atoms with Crippen LogP contribution in [0.3, 0.4) is 0 Å². The van der Waals surface area contributed by atoms with Crippen molar-refractivity contribution in [2.45, 2.75) is 37.3 Å². The summed E-state index contributed by atoms with van der Waals surface area (Å²) in [5, 5.41) is 10.3. The fraction of sp³-hybridized carbons (Fsp3) is 0.333. The number of carbonyl (C=O) groups excluding carboxylic acids is 2. The molecule has 2 aromatic carbocycles. The van der Waals surface area contributed by atoms with E-state index in [1.165, 1.54) is 18.2 Å². The molecule has 0 aromatic heterocycles. The molecule has 1 aliphatic heterocycles. The number of esters is 1. The van der Waals surface area contributed by atoms with Gasteiger partial charge in [-0.3, -0.25) is 9.59 Å². The van der Waals surface area contributed by atoms with Crippen molar-refractivity contribution >= 4 is 33.4 Å². The highest BCUT2D eigenvalue weighted by Gasteiger charge is 2.44. The third-order valence-corrected chi connectivity index (χ3v) is 7.31. The normalized spacial score (nSPS) is 19.6. The number of β-amino-alcohol motifs (C(OH)–C–C–N with tert-alkyl or cyclic N) is 1. The summed E-state index contributed by atoms with van der Waals surface area (Å²) in [6.07, 6.45) is -1.12. The molecule has 1 saturated heterocycles. The Morgan fingerprint density at radius 3 is 2.53 bits per heavy atom. The largest absolute Gasteiger partial charge is 0.456 e. The van der Waals surface area contributed by atoms with Gasteiger partial charge in [-0.25, -0.2) is 8.42 Å². The molecule has 160 valence electrons. The monoisotopic (exact) mass is 451 g/mol. The molecule has 2 aromatic rings. The number of ketones is 1. The molecule has 2 atom stereocenters. The first-order chi connectivity index (χ1) is 14.1. The first-order valence-electron chi connectivity index (χ1n) is 9.33. The second kappa shape index (κ2) is 8.85. The zero-order valence-electron chi connectivity index (χ0n) is 16.5. The van der Waals surface area contributed by atoms with Crippen LogP contribution in [-0.4, -0.2) is 54.9 Å². The third-order valence-electron chi connectivity index (χ3n) is 5.11. The van der Waals surface area contributed by atoms with E-state index in [9.17, 15) is 23.1 Å². The number of aryl methyl sites for hydroxylation is 2. The molecule has 0 radical (unpaired) electrons. The quantitative estimate of drug-likeness (QED) is 0.535. The van der Waals surface area contributed by atoms with E-state index >= 15 is 0 Å². The second-order valence-corrected chi connectivity index (χ2v) is 9.53. The number of sulfonamides is 1. The van der Waals surface area contributed by atoms with E-state index in [4.69, 9.17) is 16.3 Å². The highest BCUT2D eigenvalue weighted by atomic mass is 35.5. The van der Waals surface area contributed by atoms with E-state index < -0.39 is 40.5 Å². The Morgan fingerprint density at radius 2 is 1.87 bits per heavy atom. The van der Waals surface area contributed by atoms with Crippen LogP contribution in [0.5, 0.6) is 0 Å². The maximum atomic E-state index is 13.1. The molecule has 1 aliphatic rings. The van der Waals surface area contributed by atoms with Crippen LogP contribution in [-0.2, 0) is 19.6 Å². The summed E-state index contributed by atoms with van der Waals surface area (Å²) in [5.74, 6) is -1.39. The lowest BCUT2D eigenvalue weighted by atomic mass is 10.1. The first-order valence-corrected chi connectivity index (χ1v) is 11.1. The van der Waals surface area contributed by atoms with Gasteiger partial charge in [0, 0.05) is 18.5 Å². The standard InChI is InChI=1S/C21H22ClNO6S/c1-13-7-8-16(9-14(13)2)30(27,28)23-11-15(24)10-19(23)21(26)29-12-20(25)17-5-3-4-6-18(17)22/h3-9,15,19,24H,10-12H2,1-2H3. The summed E-state index contributed by atoms with van der Waals surface area (Å²) in [5.41, 5.74) is 1.93. The molecule has 0 amide bonds. The smallest absolute Gasteiger partial charge is 0.325 e. The molecule has 3 rings (SSSR count). The fourth-order valence-corrected chi connectivity index (χ4v) is 5.23. The predicted molar refractivity (Wildman–Crippen MR) is 111 cm³/mol. The SMILES string of the molecule is Cc1ccc(S(=O)(=O)N2CC(O)CC2C(=O)OCC(=O)c2ccccc2Cl)cc1C. The first kappa shape index (κ1) is 22.4. The maximum absolute atomic E-state index is 13.1. The Labute approximate surface area is 180 Å². The zero-order chi connectivity index (χ0) is 22.1. The molecule has 0 bridgehead atoms. The van der Waals surface area contributed by atoms with Crippen LogP contribution < -0.4 is 0 Å². The van der Waals surface area contributed by atoms with E-state index in [0.29, 0.717) is 0 Å². The Kier molecular flexibility index (Phi) is 6.62. The van der Waals surface area contributed by atoms with Crippen LogP contribution in [0.2, 0.25) is 5.02 Å². The van der Waals surface area contributed by atoms with E-state index in [0.717, 1.165) is 15.4 Å². The number of aliphatic hydroxyl groups is 1. The predicted octanol–water partition coefficient (Wildman–Crippen LogP) is 2.51. The summed E-state index contributed by atoms with van der Waals surface area (Å²) in [7, 11) is -4.04. The van der Waals surface area contributed by atoms with Gasteiger partial charge in [-0.1, -0.05) is 29.8 Å². The number of aliphatic hydroxyl groups excluding tert-OH is 1. The Morgan fingerprint density at radius 1 is 1.17 bits per heavy atom. The van der Waals surface area contributed by atoms with Crippen LogP contribution in [0.25, 0.3) is 0 Å². The summed E-state index contributed by atoms with van der Waals surface area (Å²) in [6.45, 7) is 2.85. The number of carbonyl (C=O) groups is 2. The molecule has 2 unspecified atom stereocenters. The molecule has 0 saturated carbocycles. The van der Waals surface area contributed by atoms with Gasteiger partial charge in [0.25, 0.3) is 0 Å². The molecular formula is C21H22ClNO6S. The van der Waals surface area contributed by atoms with Gasteiger partial charge in [-0.15, -0.1) is 0 Å². The number of hydrogen-bond donors (Lipinski definition) is 1. The summed E-state index contributed by atoms with van der Waals surface area (Å²) in [4.78, 5) is 24.9. The number of halogens is 1. The lowest BCUT2D eigenvalue weighted by Gasteiger charge is -2.22. The minimum absolute atomic E-state index is 0.0321. The number of rotatable bonds is 6. The molecule has 0 spiro atoms. The molecule has 30 heavy (non-hydrogen) atoms. The molecule has 7 nitrogen and oxygen atoms in total. The van der Waals surface area contributed by atoms with Gasteiger partial charge in [-0.2, -0.15) is 4.31 Å². The number of Topliss-reactive ketones (excluding diaryl/α,β-unsaturated/α-hetero) is 1. The summed E-state index contributed by atoms with van der Waals surface area (Å²) < 4.78 is 32.2. The Balaban J connectivity index is 1.77. The van der Waals surface area contributed by atoms with Gasteiger partial charge >= 0.3 is 5.97 Å². The highest BCUT2D eigenvalue weighted by Crippen LogP contribution is 2.28. The molecule has 9 heteroatoms. The van der Waals surface area contributed by atoms with Gasteiger partial charge in [0.05, 0.1) is 16.0 Å². The zero-order valence-corrected chi connectivity index (χ0v) is 18.1. The number of ether oxygens (including phenoxy) is 1. The van der Waals surface area contributed by atoms with E-state index in [2.05, 4.69) is 0 Å². The third kappa shape index (κ3) is 4.57. The van der Waals surface area contributed by atoms with Gasteiger partial charge < -0.3 is 9.84 Å². The van der Waals surface area contributed by atoms with Crippen molar-refractivity contribution < 1.29 is 27.9 Å². The van der Waals surface area contributed by atoms with Crippen LogP contribution in [0.4, 0.5) is 0 Å². The van der Waals surface area contributed by atoms with Gasteiger partial charge in [0.15, 0.2) is 6.61 Å². The van der Waals surface area contributed by atoms with Crippen LogP contribution in [0.15, 0.2) is 47.4 Å². The number of hydrogen-bond acceptors (Lipinski definition) is 6. The van der Waals surface area contributed by atoms with Crippen molar-refractivity contribution in [1.82, 2.24) is 4.31 Å². The Bertz CT molecular complexity index is 1080. The van der Waals surface area contributed by atoms with Gasteiger partial charge in [-0.05, 0) is 49.2 Å². The van der Waals surface area contributed by atoms with E-state index in [-0.39, 0.29) is 28.4 Å². The topological polar surface area (TPSA) is 101 Å². The second-order valence-electron chi connectivity index (χ2n) is 7.24. The van der Waals surface area contributed by atoms with Crippen LogP contribution in [0, 0.1) is 13.8 Å². The lowest BCUT2D eigenvalue weighted by molar-refractivity contribution is -0.146. The molecule has 1 N–H and O–H groups in total. The average Bonchev–Trinajstić information content (AvgIpc) is 3.11. The molecule has 1 fully saturated rings. The van der Waals surface area contributed by atoms with Crippen LogP contribution in [0.1, 0.15) is 27.9 Å². The van der Waals surface area contributed by atoms with Crippen molar-refractivity contribution in [2.24, 2.45) is 0 Å². The van der Waals surface area contributed by atoms with Crippen molar-refractivity contribution in [3.8, 4) is 0 Å². The highest BCUT2D eigenvalue weighted by molar-refractivity contribution is 7.89. The lowest BCUT2D eigenvalue weighted by Crippen LogP contribution is -2.42. The van der Waals surface area contributed by atoms with Gasteiger partial charge in [0.2, 0.25) is 15.8 Å². The van der Waals surface area contributed by atoms with E-state index in [1.807, 2.05) is 6.92 Å².